The number of allylic oxidation sites excluding steroid dienone is 1. The highest BCUT2D eigenvalue weighted by molar-refractivity contribution is 7.07. The maximum atomic E-state index is 14.2. The van der Waals surface area contributed by atoms with E-state index in [2.05, 4.69) is 10.1 Å². The van der Waals surface area contributed by atoms with Crippen LogP contribution in [0.1, 0.15) is 22.6 Å². The van der Waals surface area contributed by atoms with Crippen LogP contribution in [0.5, 0.6) is 0 Å². The fraction of sp³-hybridized carbons (Fsp3) is 0.154. The minimum atomic E-state index is -1.05. The minimum absolute atomic E-state index is 0.0243. The molecule has 1 atom stereocenters. The number of esters is 1. The summed E-state index contributed by atoms with van der Waals surface area (Å²) in [5, 5.41) is 12.8. The predicted octanol–water partition coefficient (Wildman–Crippen LogP) is 1.86. The quantitative estimate of drug-likeness (QED) is 0.522. The van der Waals surface area contributed by atoms with Gasteiger partial charge in [0, 0.05) is 11.8 Å². The number of hydrogen-bond acceptors (Lipinski definition) is 7. The number of benzene rings is 2. The van der Waals surface area contributed by atoms with Gasteiger partial charge in [0.1, 0.15) is 20.8 Å². The molecule has 182 valence electrons. The Hall–Kier alpha value is -4.49. The summed E-state index contributed by atoms with van der Waals surface area (Å²) in [6, 6.07) is 12.8. The van der Waals surface area contributed by atoms with Crippen molar-refractivity contribution < 1.29 is 18.7 Å². The van der Waals surface area contributed by atoms with E-state index in [0.29, 0.717) is 11.3 Å². The third-order valence-corrected chi connectivity index (χ3v) is 7.02. The average Bonchev–Trinajstić information content (AvgIpc) is 3.16. The van der Waals surface area contributed by atoms with Gasteiger partial charge in [0.05, 0.1) is 30.2 Å². The van der Waals surface area contributed by atoms with Crippen LogP contribution in [-0.4, -0.2) is 23.6 Å². The number of methoxy groups -OCH3 is 1. The SMILES string of the molecule is COC(=O)C=c1sc2n(c1=O)C(N)=C(C#N)C(c1cccc(F)c1)C=2C(=O)Nc1ccc(C)c(C)c1. The normalized spacial score (nSPS) is 15.4. The minimum Gasteiger partial charge on any atom is -0.466 e. The number of fused-ring (bicyclic) bond motifs is 1. The number of nitrogens with two attached hydrogens (primary N) is 1. The van der Waals surface area contributed by atoms with Gasteiger partial charge < -0.3 is 15.8 Å². The van der Waals surface area contributed by atoms with Gasteiger partial charge in [-0.1, -0.05) is 18.2 Å². The Bertz CT molecular complexity index is 1680. The van der Waals surface area contributed by atoms with Crippen molar-refractivity contribution in [2.45, 2.75) is 19.8 Å². The molecular formula is C26H21FN4O4S. The number of aromatic nitrogens is 1. The third-order valence-electron chi connectivity index (χ3n) is 5.91. The zero-order valence-electron chi connectivity index (χ0n) is 19.6. The molecule has 1 aliphatic rings. The number of ether oxygens (including phenoxy) is 1. The predicted molar refractivity (Wildman–Crippen MR) is 134 cm³/mol. The van der Waals surface area contributed by atoms with Crippen molar-refractivity contribution in [3.63, 3.8) is 0 Å². The van der Waals surface area contributed by atoms with Crippen LogP contribution in [0.4, 0.5) is 10.1 Å². The summed E-state index contributed by atoms with van der Waals surface area (Å²) in [4.78, 5) is 38.7. The van der Waals surface area contributed by atoms with Crippen LogP contribution in [0, 0.1) is 31.0 Å². The molecule has 0 saturated heterocycles. The summed E-state index contributed by atoms with van der Waals surface area (Å²) in [6.45, 7) is 3.84. The van der Waals surface area contributed by atoms with Crippen molar-refractivity contribution in [2.24, 2.45) is 5.73 Å². The van der Waals surface area contributed by atoms with Gasteiger partial charge in [-0.3, -0.25) is 14.2 Å². The molecule has 3 N–H and O–H groups in total. The molecule has 0 saturated carbocycles. The Morgan fingerprint density at radius 3 is 2.61 bits per heavy atom. The Balaban J connectivity index is 2.05. The highest BCUT2D eigenvalue weighted by Crippen LogP contribution is 2.36. The first-order chi connectivity index (χ1) is 17.2. The third kappa shape index (κ3) is 4.32. The molecular weight excluding hydrogens is 483 g/mol. The van der Waals surface area contributed by atoms with E-state index in [0.717, 1.165) is 33.1 Å². The lowest BCUT2D eigenvalue weighted by molar-refractivity contribution is -0.133. The molecule has 0 spiro atoms. The summed E-state index contributed by atoms with van der Waals surface area (Å²) in [5.41, 5.74) is 8.30. The van der Waals surface area contributed by atoms with E-state index in [1.54, 1.807) is 18.2 Å². The van der Waals surface area contributed by atoms with Crippen molar-refractivity contribution in [3.8, 4) is 6.07 Å². The number of nitrogens with zero attached hydrogens (tertiary/aromatic N) is 2. The fourth-order valence-electron chi connectivity index (χ4n) is 3.97. The topological polar surface area (TPSA) is 127 Å². The maximum absolute atomic E-state index is 14.2. The molecule has 8 nitrogen and oxygen atoms in total. The highest BCUT2D eigenvalue weighted by Gasteiger charge is 2.36. The lowest BCUT2D eigenvalue weighted by atomic mass is 9.83. The molecule has 0 fully saturated rings. The summed E-state index contributed by atoms with van der Waals surface area (Å²) < 4.78 is 20.0. The lowest BCUT2D eigenvalue weighted by Crippen LogP contribution is -2.40. The van der Waals surface area contributed by atoms with Crippen LogP contribution >= 0.6 is 11.3 Å². The van der Waals surface area contributed by atoms with Crippen LogP contribution in [0.15, 0.2) is 52.8 Å². The summed E-state index contributed by atoms with van der Waals surface area (Å²) in [5.74, 6) is -3.19. The number of aryl methyl sites for hydroxylation is 2. The van der Waals surface area contributed by atoms with E-state index in [1.807, 2.05) is 26.0 Å². The zero-order valence-corrected chi connectivity index (χ0v) is 20.4. The van der Waals surface area contributed by atoms with Gasteiger partial charge in [0.25, 0.3) is 11.5 Å². The van der Waals surface area contributed by atoms with E-state index in [-0.39, 0.29) is 26.2 Å². The van der Waals surface area contributed by atoms with Crippen molar-refractivity contribution in [1.29, 1.82) is 5.26 Å². The van der Waals surface area contributed by atoms with Crippen LogP contribution in [0.25, 0.3) is 17.5 Å². The molecule has 4 rings (SSSR count). The van der Waals surface area contributed by atoms with Gasteiger partial charge in [0.2, 0.25) is 0 Å². The molecule has 2 aromatic carbocycles. The number of nitriles is 1. The van der Waals surface area contributed by atoms with Crippen molar-refractivity contribution in [2.75, 3.05) is 12.4 Å². The van der Waals surface area contributed by atoms with Crippen LogP contribution in [0.2, 0.25) is 0 Å². The average molecular weight is 505 g/mol. The van der Waals surface area contributed by atoms with E-state index in [4.69, 9.17) is 5.73 Å². The van der Waals surface area contributed by atoms with E-state index < -0.39 is 29.2 Å². The first-order valence-electron chi connectivity index (χ1n) is 10.8. The summed E-state index contributed by atoms with van der Waals surface area (Å²) >= 11 is 0.856. The smallest absolute Gasteiger partial charge is 0.332 e. The second-order valence-electron chi connectivity index (χ2n) is 8.15. The van der Waals surface area contributed by atoms with E-state index in [9.17, 15) is 24.0 Å². The molecule has 3 aromatic rings. The Kier molecular flexibility index (Phi) is 6.59. The molecule has 10 heteroatoms. The molecule has 0 aliphatic carbocycles. The molecule has 1 aliphatic heterocycles. The number of carbonyl (C=O) groups excluding carboxylic acids is 2. The zero-order chi connectivity index (χ0) is 26.1. The molecule has 1 aromatic heterocycles. The second kappa shape index (κ2) is 9.64. The number of nitrogens with one attached hydrogen (secondary N) is 1. The van der Waals surface area contributed by atoms with E-state index in [1.165, 1.54) is 25.3 Å². The summed E-state index contributed by atoms with van der Waals surface area (Å²) in [7, 11) is 1.17. The van der Waals surface area contributed by atoms with Crippen molar-refractivity contribution in [3.05, 3.63) is 90.1 Å². The second-order valence-corrected chi connectivity index (χ2v) is 9.18. The van der Waals surface area contributed by atoms with Gasteiger partial charge in [-0.2, -0.15) is 5.26 Å². The van der Waals surface area contributed by atoms with Gasteiger partial charge in [-0.05, 0) is 54.8 Å². The maximum Gasteiger partial charge on any atom is 0.332 e. The van der Waals surface area contributed by atoms with Gasteiger partial charge in [-0.15, -0.1) is 11.3 Å². The number of carbonyl (C=O) groups is 2. The molecule has 2 heterocycles. The number of amides is 1. The van der Waals surface area contributed by atoms with Gasteiger partial charge >= 0.3 is 5.97 Å². The summed E-state index contributed by atoms with van der Waals surface area (Å²) in [6.07, 6.45) is 0.994. The number of halogens is 1. The Morgan fingerprint density at radius 1 is 1.22 bits per heavy atom. The monoisotopic (exact) mass is 504 g/mol. The lowest BCUT2D eigenvalue weighted by Gasteiger charge is -2.25. The number of rotatable bonds is 4. The molecule has 0 bridgehead atoms. The molecule has 36 heavy (non-hydrogen) atoms. The number of thiazole rings is 1. The standard InChI is InChI=1S/C26H21FN4O4S/c1-13-7-8-17(9-14(13)2)30-24(33)22-21(15-5-4-6-16(27)10-15)18(12-28)23(29)31-25(34)19(36-26(22)31)11-20(32)35-3/h4-11,21H,29H2,1-3H3,(H,30,33). The van der Waals surface area contributed by atoms with Crippen LogP contribution < -0.4 is 25.8 Å². The highest BCUT2D eigenvalue weighted by atomic mass is 32.1. The molecule has 0 radical (unpaired) electrons. The van der Waals surface area contributed by atoms with Gasteiger partial charge in [-0.25, -0.2) is 9.18 Å². The fourth-order valence-corrected chi connectivity index (χ4v) is 5.11. The van der Waals surface area contributed by atoms with Crippen LogP contribution in [-0.2, 0) is 14.3 Å². The number of anilines is 1. The first kappa shape index (κ1) is 24.6. The van der Waals surface area contributed by atoms with Crippen molar-refractivity contribution >= 4 is 46.4 Å². The molecule has 1 unspecified atom stereocenters. The first-order valence-corrected chi connectivity index (χ1v) is 11.6. The van der Waals surface area contributed by atoms with Crippen LogP contribution in [0.3, 0.4) is 0 Å². The number of hydrogen-bond donors (Lipinski definition) is 2. The Morgan fingerprint density at radius 2 is 1.97 bits per heavy atom. The Labute approximate surface area is 209 Å². The van der Waals surface area contributed by atoms with Gasteiger partial charge in [0.15, 0.2) is 0 Å². The largest absolute Gasteiger partial charge is 0.466 e. The van der Waals surface area contributed by atoms with E-state index >= 15 is 0 Å². The molecule has 1 amide bonds. The van der Waals surface area contributed by atoms with Crippen molar-refractivity contribution in [1.82, 2.24) is 4.57 Å².